The minimum Gasteiger partial charge on any atom is -0.354 e. The number of rotatable bonds is 6. The third-order valence-corrected chi connectivity index (χ3v) is 2.60. The molecule has 74 valence electrons. The number of nitrogens with zero attached hydrogens (tertiary/aromatic N) is 1. The molecule has 0 aromatic carbocycles. The normalized spacial score (nSPS) is 10.6. The van der Waals surface area contributed by atoms with Crippen molar-refractivity contribution in [3.63, 3.8) is 0 Å². The molecule has 2 nitrogen and oxygen atoms in total. The Kier molecular flexibility index (Phi) is 5.01. The Bertz CT molecular complexity index is 233. The minimum atomic E-state index is 0.994. The van der Waals surface area contributed by atoms with E-state index < -0.39 is 0 Å². The molecule has 0 bridgehead atoms. The number of hydrogen-bond donors (Lipinski definition) is 1. The van der Waals surface area contributed by atoms with Gasteiger partial charge in [-0.3, -0.25) is 0 Å². The van der Waals surface area contributed by atoms with Crippen molar-refractivity contribution in [2.24, 2.45) is 0 Å². The highest BCUT2D eigenvalue weighted by Crippen LogP contribution is 2.00. The Morgan fingerprint density at radius 2 is 2.38 bits per heavy atom. The second kappa shape index (κ2) is 6.11. The van der Waals surface area contributed by atoms with E-state index in [2.05, 4.69) is 41.5 Å². The second-order valence-electron chi connectivity index (χ2n) is 3.02. The summed E-state index contributed by atoms with van der Waals surface area (Å²) >= 11 is 1.88. The van der Waals surface area contributed by atoms with Crippen LogP contribution in [0.15, 0.2) is 18.5 Å². The van der Waals surface area contributed by atoms with Gasteiger partial charge in [0, 0.05) is 37.8 Å². The van der Waals surface area contributed by atoms with E-state index in [-0.39, 0.29) is 0 Å². The Morgan fingerprint density at radius 1 is 1.54 bits per heavy atom. The number of thioether (sulfide) groups is 1. The smallest absolute Gasteiger partial charge is 0.0220 e. The fourth-order valence-electron chi connectivity index (χ4n) is 1.20. The first kappa shape index (κ1) is 10.7. The Balaban J connectivity index is 2.20. The van der Waals surface area contributed by atoms with Gasteiger partial charge in [-0.2, -0.15) is 11.8 Å². The van der Waals surface area contributed by atoms with Crippen molar-refractivity contribution in [2.45, 2.75) is 20.0 Å². The zero-order chi connectivity index (χ0) is 9.52. The van der Waals surface area contributed by atoms with Gasteiger partial charge in [-0.05, 0) is 24.8 Å². The van der Waals surface area contributed by atoms with Gasteiger partial charge in [0.15, 0.2) is 0 Å². The lowest BCUT2D eigenvalue weighted by atomic mass is 10.3. The van der Waals surface area contributed by atoms with Crippen LogP contribution >= 0.6 is 11.8 Å². The molecule has 1 aromatic heterocycles. The third kappa shape index (κ3) is 3.87. The Labute approximate surface area is 84.7 Å². The van der Waals surface area contributed by atoms with Crippen LogP contribution in [0.5, 0.6) is 0 Å². The van der Waals surface area contributed by atoms with Crippen molar-refractivity contribution in [1.82, 2.24) is 9.88 Å². The molecule has 0 atom stereocenters. The van der Waals surface area contributed by atoms with Crippen molar-refractivity contribution in [3.8, 4) is 0 Å². The van der Waals surface area contributed by atoms with E-state index in [1.165, 1.54) is 11.3 Å². The van der Waals surface area contributed by atoms with Crippen LogP contribution in [0.3, 0.4) is 0 Å². The zero-order valence-corrected chi connectivity index (χ0v) is 9.23. The molecule has 0 aliphatic rings. The van der Waals surface area contributed by atoms with E-state index in [1.807, 2.05) is 11.8 Å². The maximum Gasteiger partial charge on any atom is 0.0220 e. The molecule has 0 spiro atoms. The maximum atomic E-state index is 3.41. The number of hydrogen-bond acceptors (Lipinski definition) is 2. The highest BCUT2D eigenvalue weighted by molar-refractivity contribution is 7.98. The van der Waals surface area contributed by atoms with Crippen molar-refractivity contribution in [2.75, 3.05) is 18.6 Å². The molecule has 13 heavy (non-hydrogen) atoms. The summed E-state index contributed by atoms with van der Waals surface area (Å²) in [5.41, 5.74) is 1.38. The lowest BCUT2D eigenvalue weighted by Gasteiger charge is -2.00. The molecular formula is C10H18N2S. The predicted octanol–water partition coefficient (Wildman–Crippen LogP) is 1.96. The predicted molar refractivity (Wildman–Crippen MR) is 60.2 cm³/mol. The summed E-state index contributed by atoms with van der Waals surface area (Å²) in [5.74, 6) is 1.19. The average Bonchev–Trinajstić information content (AvgIpc) is 2.60. The van der Waals surface area contributed by atoms with Gasteiger partial charge in [0.1, 0.15) is 0 Å². The molecule has 0 fully saturated rings. The van der Waals surface area contributed by atoms with E-state index in [0.717, 1.165) is 19.6 Å². The summed E-state index contributed by atoms with van der Waals surface area (Å²) in [4.78, 5) is 0. The van der Waals surface area contributed by atoms with Gasteiger partial charge in [-0.25, -0.2) is 0 Å². The molecule has 1 N–H and O–H groups in total. The fourth-order valence-corrected chi connectivity index (χ4v) is 1.55. The molecule has 0 saturated carbocycles. The zero-order valence-electron chi connectivity index (χ0n) is 8.42. The largest absolute Gasteiger partial charge is 0.354 e. The summed E-state index contributed by atoms with van der Waals surface area (Å²) in [6.07, 6.45) is 6.47. The van der Waals surface area contributed by atoms with E-state index in [0.29, 0.717) is 0 Å². The van der Waals surface area contributed by atoms with Crippen LogP contribution in [0, 0.1) is 0 Å². The molecular weight excluding hydrogens is 180 g/mol. The summed E-state index contributed by atoms with van der Waals surface area (Å²) in [6.45, 7) is 5.31. The summed E-state index contributed by atoms with van der Waals surface area (Å²) in [5, 5.41) is 3.41. The molecule has 0 radical (unpaired) electrons. The minimum absolute atomic E-state index is 0.994. The van der Waals surface area contributed by atoms with Crippen LogP contribution in [-0.2, 0) is 13.1 Å². The molecule has 0 unspecified atom stereocenters. The van der Waals surface area contributed by atoms with E-state index >= 15 is 0 Å². The third-order valence-electron chi connectivity index (χ3n) is 1.99. The molecule has 3 heteroatoms. The summed E-state index contributed by atoms with van der Waals surface area (Å²) < 4.78 is 2.20. The monoisotopic (exact) mass is 198 g/mol. The fraction of sp³-hybridized carbons (Fsp3) is 0.600. The SMILES string of the molecule is CCn1ccc(CNCCSC)c1. The first-order chi connectivity index (χ1) is 6.36. The number of aryl methyl sites for hydroxylation is 1. The number of aromatic nitrogens is 1. The van der Waals surface area contributed by atoms with Gasteiger partial charge in [0.25, 0.3) is 0 Å². The second-order valence-corrected chi connectivity index (χ2v) is 4.01. The van der Waals surface area contributed by atoms with Crippen molar-refractivity contribution < 1.29 is 0 Å². The van der Waals surface area contributed by atoms with Crippen LogP contribution in [-0.4, -0.2) is 23.1 Å². The lowest BCUT2D eigenvalue weighted by Crippen LogP contribution is -2.15. The molecule has 1 rings (SSSR count). The average molecular weight is 198 g/mol. The summed E-state index contributed by atoms with van der Waals surface area (Å²) in [6, 6.07) is 2.18. The van der Waals surface area contributed by atoms with Crippen LogP contribution < -0.4 is 5.32 Å². The van der Waals surface area contributed by atoms with Crippen LogP contribution in [0.1, 0.15) is 12.5 Å². The summed E-state index contributed by atoms with van der Waals surface area (Å²) in [7, 11) is 0. The molecule has 1 heterocycles. The van der Waals surface area contributed by atoms with Crippen LogP contribution in [0.2, 0.25) is 0 Å². The molecule has 1 aromatic rings. The molecule has 0 aliphatic heterocycles. The van der Waals surface area contributed by atoms with Gasteiger partial charge < -0.3 is 9.88 Å². The highest BCUT2D eigenvalue weighted by Gasteiger charge is 1.94. The molecule has 0 aliphatic carbocycles. The van der Waals surface area contributed by atoms with E-state index in [4.69, 9.17) is 0 Å². The van der Waals surface area contributed by atoms with Gasteiger partial charge >= 0.3 is 0 Å². The van der Waals surface area contributed by atoms with Gasteiger partial charge in [-0.1, -0.05) is 0 Å². The number of nitrogens with one attached hydrogen (secondary N) is 1. The van der Waals surface area contributed by atoms with Gasteiger partial charge in [0.05, 0.1) is 0 Å². The van der Waals surface area contributed by atoms with E-state index in [9.17, 15) is 0 Å². The molecule has 0 amide bonds. The van der Waals surface area contributed by atoms with E-state index in [1.54, 1.807) is 0 Å². The first-order valence-corrected chi connectivity index (χ1v) is 6.10. The standard InChI is InChI=1S/C10H18N2S/c1-3-12-6-4-10(9-12)8-11-5-7-13-2/h4,6,9,11H,3,5,7-8H2,1-2H3. The van der Waals surface area contributed by atoms with Gasteiger partial charge in [0.2, 0.25) is 0 Å². The quantitative estimate of drug-likeness (QED) is 0.704. The highest BCUT2D eigenvalue weighted by atomic mass is 32.2. The maximum absolute atomic E-state index is 3.41. The lowest BCUT2D eigenvalue weighted by molar-refractivity contribution is 0.721. The van der Waals surface area contributed by atoms with Crippen molar-refractivity contribution in [3.05, 3.63) is 24.0 Å². The Morgan fingerprint density at radius 3 is 3.00 bits per heavy atom. The van der Waals surface area contributed by atoms with Crippen LogP contribution in [0.25, 0.3) is 0 Å². The Hall–Kier alpha value is -0.410. The van der Waals surface area contributed by atoms with Crippen molar-refractivity contribution in [1.29, 1.82) is 0 Å². The van der Waals surface area contributed by atoms with Crippen LogP contribution in [0.4, 0.5) is 0 Å². The first-order valence-electron chi connectivity index (χ1n) is 4.71. The van der Waals surface area contributed by atoms with Gasteiger partial charge in [-0.15, -0.1) is 0 Å². The topological polar surface area (TPSA) is 17.0 Å². The molecule has 0 saturated heterocycles. The van der Waals surface area contributed by atoms with Crippen molar-refractivity contribution >= 4 is 11.8 Å².